The van der Waals surface area contributed by atoms with Crippen molar-refractivity contribution in [1.82, 2.24) is 29.9 Å². The van der Waals surface area contributed by atoms with Crippen LogP contribution in [0.25, 0.3) is 22.0 Å². The van der Waals surface area contributed by atoms with Crippen LogP contribution in [0.5, 0.6) is 0 Å². The van der Waals surface area contributed by atoms with Crippen molar-refractivity contribution in [3.63, 3.8) is 0 Å². The number of halogens is 11. The quantitative estimate of drug-likeness (QED) is 0.107. The fraction of sp³-hybridized carbons (Fsp3) is 0.477. The summed E-state index contributed by atoms with van der Waals surface area (Å²) in [5.41, 5.74) is -6.44. The number of hydrogen-bond acceptors (Lipinski definition) is 9. The van der Waals surface area contributed by atoms with Gasteiger partial charge in [-0.25, -0.2) is 25.6 Å². The predicted octanol–water partition coefficient (Wildman–Crippen LogP) is 9.21. The lowest BCUT2D eigenvalue weighted by Crippen LogP contribution is -2.43. The number of aromatic nitrogens is 5. The van der Waals surface area contributed by atoms with Crippen LogP contribution in [0.15, 0.2) is 42.5 Å². The molecule has 26 heteroatoms. The largest absolute Gasteiger partial charge is 0.435 e. The van der Waals surface area contributed by atoms with Gasteiger partial charge in [-0.1, -0.05) is 44.5 Å². The van der Waals surface area contributed by atoms with Crippen molar-refractivity contribution in [1.29, 1.82) is 0 Å². The van der Waals surface area contributed by atoms with Gasteiger partial charge in [0, 0.05) is 46.0 Å². The summed E-state index contributed by atoms with van der Waals surface area (Å²) < 4.78 is 198. The Morgan fingerprint density at radius 1 is 0.900 bits per heavy atom. The average molecular weight is 1060 g/mol. The Hall–Kier alpha value is -5.30. The topological polar surface area (TPSA) is 166 Å². The van der Waals surface area contributed by atoms with E-state index in [4.69, 9.17) is 16.6 Å². The first kappa shape index (κ1) is 52.5. The van der Waals surface area contributed by atoms with Crippen LogP contribution < -0.4 is 9.62 Å². The van der Waals surface area contributed by atoms with E-state index in [2.05, 4.69) is 15.5 Å². The van der Waals surface area contributed by atoms with Crippen LogP contribution in [0, 0.1) is 23.0 Å². The third-order valence-corrected chi connectivity index (χ3v) is 15.8. The monoisotopic (exact) mass is 1060 g/mol. The van der Waals surface area contributed by atoms with Crippen molar-refractivity contribution in [2.24, 2.45) is 11.3 Å². The van der Waals surface area contributed by atoms with Gasteiger partial charge in [0.05, 0.1) is 38.7 Å². The average Bonchev–Trinajstić information content (AvgIpc) is 3.70. The third kappa shape index (κ3) is 10.2. The molecular weight excluding hydrogens is 1010 g/mol. The van der Waals surface area contributed by atoms with E-state index in [-0.39, 0.29) is 56.3 Å². The number of benzene rings is 2. The van der Waals surface area contributed by atoms with Crippen molar-refractivity contribution in [3.8, 4) is 11.1 Å². The number of sulfonamides is 1. The molecule has 0 aliphatic heterocycles. The fourth-order valence-corrected chi connectivity index (χ4v) is 10.3. The lowest BCUT2D eigenvalue weighted by molar-refractivity contribution is -0.143. The number of sulfone groups is 1. The molecule has 0 spiro atoms. The van der Waals surface area contributed by atoms with E-state index in [1.807, 2.05) is 0 Å². The number of nitrogens with zero attached hydrogens (tertiary/aromatic N) is 6. The van der Waals surface area contributed by atoms with Gasteiger partial charge in [0.2, 0.25) is 21.8 Å². The number of amides is 2. The Kier molecular flexibility index (Phi) is 13.1. The van der Waals surface area contributed by atoms with E-state index in [9.17, 15) is 61.5 Å². The first-order valence-electron chi connectivity index (χ1n) is 21.2. The molecule has 0 saturated heterocycles. The highest BCUT2D eigenvalue weighted by molar-refractivity contribution is 7.93. The summed E-state index contributed by atoms with van der Waals surface area (Å²) in [6.07, 6.45) is -9.79. The summed E-state index contributed by atoms with van der Waals surface area (Å²) in [5.74, 6) is -11.9. The number of carbonyl (C=O) groups is 2. The van der Waals surface area contributed by atoms with Gasteiger partial charge in [-0.05, 0) is 75.3 Å². The van der Waals surface area contributed by atoms with Crippen LogP contribution in [0.2, 0.25) is 5.02 Å². The maximum atomic E-state index is 15.6. The third-order valence-electron chi connectivity index (χ3n) is 12.3. The SMILES string of the molecule is CC(C)(C)C(=O)N(c1nn(CC(F)(F)F)c2c(-c3ccc(CCC(C)(C)S(C)(=O)=O)nc3[C@H](Cc3cc(F)cc(F)c3)NC(=O)Cn3nc(C(F)(F)F)c4c3C(F)(F)C3C[C@H]43)ccc(Cl)c12)S(C)(=O)=O. The van der Waals surface area contributed by atoms with Gasteiger partial charge >= 0.3 is 12.4 Å². The smallest absolute Gasteiger partial charge is 0.346 e. The maximum Gasteiger partial charge on any atom is 0.435 e. The predicted molar refractivity (Wildman–Crippen MR) is 236 cm³/mol. The second-order valence-electron chi connectivity index (χ2n) is 19.2. The minimum absolute atomic E-state index is 0.0763. The Morgan fingerprint density at radius 2 is 1.51 bits per heavy atom. The lowest BCUT2D eigenvalue weighted by atomic mass is 9.93. The van der Waals surface area contributed by atoms with Crippen LogP contribution in [0.3, 0.4) is 0 Å². The summed E-state index contributed by atoms with van der Waals surface area (Å²) in [6, 6.07) is 5.43. The number of alkyl halides is 8. The number of nitrogens with one attached hydrogen (secondary N) is 1. The molecule has 2 aliphatic rings. The molecule has 0 radical (unpaired) electrons. The zero-order chi connectivity index (χ0) is 52.2. The Labute approximate surface area is 399 Å². The van der Waals surface area contributed by atoms with Crippen molar-refractivity contribution >= 4 is 60.0 Å². The molecule has 1 unspecified atom stereocenters. The van der Waals surface area contributed by atoms with Gasteiger partial charge in [0.15, 0.2) is 21.3 Å². The molecule has 0 bridgehead atoms. The Morgan fingerprint density at radius 3 is 2.07 bits per heavy atom. The standard InChI is InChI=1S/C44H44ClF10N7O6S2/c1-40(2,3)39(64)62(70(7,67)68)38-33-29(45)11-10-26(35(33)61(59-38)20-42(48,49)50)25-9-8-24(12-13-41(4,5)69(6,65)66)56-34(25)30(16-21-14-22(46)17-23(47)15-21)57-31(63)19-60-37-32(36(58-60)44(53,54)55)27-18-28(27)43(37,51)52/h8-11,14-15,17,27-28,30H,12-13,16,18-20H2,1-7H3,(H,57,63)/t27-,28?,30-/m0/s1. The minimum Gasteiger partial charge on any atom is -0.346 e. The molecule has 70 heavy (non-hydrogen) atoms. The van der Waals surface area contributed by atoms with Gasteiger partial charge in [-0.3, -0.25) is 23.9 Å². The van der Waals surface area contributed by atoms with Crippen LogP contribution in [-0.2, 0) is 67.5 Å². The molecule has 2 aliphatic carbocycles. The molecule has 1 N–H and O–H groups in total. The van der Waals surface area contributed by atoms with E-state index in [1.165, 1.54) is 52.8 Å². The summed E-state index contributed by atoms with van der Waals surface area (Å²) in [5, 5.41) is 9.00. The van der Waals surface area contributed by atoms with Crippen molar-refractivity contribution < 1.29 is 70.3 Å². The lowest BCUT2D eigenvalue weighted by Gasteiger charge is -2.26. The zero-order valence-corrected chi connectivity index (χ0v) is 40.5. The molecule has 5 aromatic rings. The molecule has 3 heterocycles. The van der Waals surface area contributed by atoms with Crippen LogP contribution in [-0.4, -0.2) is 76.6 Å². The van der Waals surface area contributed by atoms with E-state index < -0.39 is 148 Å². The highest BCUT2D eigenvalue weighted by atomic mass is 35.5. The number of anilines is 1. The number of rotatable bonds is 14. The molecule has 1 fully saturated rings. The first-order chi connectivity index (χ1) is 31.9. The van der Waals surface area contributed by atoms with Gasteiger partial charge in [-0.15, -0.1) is 0 Å². The number of carbonyl (C=O) groups excluding carboxylic acids is 2. The highest BCUT2D eigenvalue weighted by Gasteiger charge is 2.68. The van der Waals surface area contributed by atoms with Crippen molar-refractivity contribution in [3.05, 3.63) is 93.0 Å². The molecule has 2 amide bonds. The Balaban J connectivity index is 1.48. The molecule has 2 aromatic carbocycles. The molecule has 3 aromatic heterocycles. The van der Waals surface area contributed by atoms with Gasteiger partial charge in [0.1, 0.15) is 30.4 Å². The molecule has 1 saturated carbocycles. The van der Waals surface area contributed by atoms with E-state index in [1.54, 1.807) is 0 Å². The molecular formula is C44H44ClF10N7O6S2. The summed E-state index contributed by atoms with van der Waals surface area (Å²) in [6.45, 7) is 3.69. The van der Waals surface area contributed by atoms with Crippen LogP contribution in [0.1, 0.15) is 93.3 Å². The Bertz CT molecular complexity index is 3160. The summed E-state index contributed by atoms with van der Waals surface area (Å²) in [7, 11) is -8.40. The van der Waals surface area contributed by atoms with Gasteiger partial charge < -0.3 is 5.32 Å². The number of pyridine rings is 1. The summed E-state index contributed by atoms with van der Waals surface area (Å²) >= 11 is 6.66. The van der Waals surface area contributed by atoms with Gasteiger partial charge in [-0.2, -0.15) is 49.6 Å². The number of hydrogen-bond donors (Lipinski definition) is 1. The maximum absolute atomic E-state index is 15.6. The summed E-state index contributed by atoms with van der Waals surface area (Å²) in [4.78, 5) is 32.7. The molecule has 7 rings (SSSR count). The van der Waals surface area contributed by atoms with Gasteiger partial charge in [0.25, 0.3) is 5.92 Å². The molecule has 3 atom stereocenters. The zero-order valence-electron chi connectivity index (χ0n) is 38.1. The second kappa shape index (κ2) is 17.5. The molecule has 13 nitrogen and oxygen atoms in total. The minimum atomic E-state index is -5.20. The number of fused-ring (bicyclic) bond motifs is 4. The highest BCUT2D eigenvalue weighted by Crippen LogP contribution is 2.68. The first-order valence-corrected chi connectivity index (χ1v) is 25.3. The normalized spacial score (nSPS) is 17.6. The van der Waals surface area contributed by atoms with E-state index >= 15 is 8.78 Å². The second-order valence-corrected chi connectivity index (χ2v) is 24.1. The number of aryl methyl sites for hydroxylation is 1. The van der Waals surface area contributed by atoms with Crippen molar-refractivity contribution in [2.45, 2.75) is 108 Å². The van der Waals surface area contributed by atoms with E-state index in [0.717, 1.165) is 24.5 Å². The van der Waals surface area contributed by atoms with Crippen LogP contribution >= 0.6 is 11.6 Å². The van der Waals surface area contributed by atoms with Crippen LogP contribution in [0.4, 0.5) is 49.7 Å². The van der Waals surface area contributed by atoms with Crippen molar-refractivity contribution in [2.75, 3.05) is 16.8 Å². The van der Waals surface area contributed by atoms with E-state index in [0.29, 0.717) is 17.0 Å². The molecule has 380 valence electrons. The fourth-order valence-electron chi connectivity index (χ4n) is 8.53.